The highest BCUT2D eigenvalue weighted by atomic mass is 16.6. The maximum absolute atomic E-state index is 12.5. The van der Waals surface area contributed by atoms with Crippen molar-refractivity contribution < 1.29 is 14.4 Å². The lowest BCUT2D eigenvalue weighted by Crippen LogP contribution is -2.28. The van der Waals surface area contributed by atoms with E-state index in [1.807, 2.05) is 42.6 Å². The van der Waals surface area contributed by atoms with Crippen LogP contribution >= 0.6 is 0 Å². The second-order valence-electron chi connectivity index (χ2n) is 6.88. The van der Waals surface area contributed by atoms with Crippen molar-refractivity contribution in [3.8, 4) is 5.75 Å². The molecule has 0 spiro atoms. The third-order valence-corrected chi connectivity index (χ3v) is 4.87. The molecule has 0 bridgehead atoms. The topological polar surface area (TPSA) is 77.7 Å². The molecule has 0 saturated carbocycles. The number of carbonyl (C=O) groups is 1. The third kappa shape index (κ3) is 4.29. The van der Waals surface area contributed by atoms with Gasteiger partial charge in [0.2, 0.25) is 6.10 Å². The Morgan fingerprint density at radius 3 is 2.76 bits per heavy atom. The third-order valence-electron chi connectivity index (χ3n) is 4.87. The van der Waals surface area contributed by atoms with Crippen LogP contribution in [0, 0.1) is 6.92 Å². The number of hydrogen-bond acceptors (Lipinski definition) is 5. The van der Waals surface area contributed by atoms with Crippen molar-refractivity contribution in [2.45, 2.75) is 26.0 Å². The van der Waals surface area contributed by atoms with Gasteiger partial charge in [-0.05, 0) is 47.9 Å². The molecule has 0 fully saturated rings. The minimum absolute atomic E-state index is 0.265. The molecule has 0 aliphatic carbocycles. The number of rotatable bonds is 6. The van der Waals surface area contributed by atoms with Crippen LogP contribution in [0.25, 0.3) is 0 Å². The maximum Gasteiger partial charge on any atom is 0.269 e. The average Bonchev–Trinajstić information content (AvgIpc) is 3.40. The Balaban J connectivity index is 1.34. The van der Waals surface area contributed by atoms with E-state index in [0.717, 1.165) is 17.0 Å². The summed E-state index contributed by atoms with van der Waals surface area (Å²) in [5, 5.41) is 11.3. The van der Waals surface area contributed by atoms with Crippen LogP contribution in [0.2, 0.25) is 0 Å². The van der Waals surface area contributed by atoms with Gasteiger partial charge < -0.3 is 14.9 Å². The molecule has 3 aromatic rings. The summed E-state index contributed by atoms with van der Waals surface area (Å²) >= 11 is 0. The number of nitrogens with zero attached hydrogens (tertiary/aromatic N) is 3. The first-order valence-corrected chi connectivity index (χ1v) is 9.38. The average molecular weight is 390 g/mol. The Morgan fingerprint density at radius 1 is 1.21 bits per heavy atom. The van der Waals surface area contributed by atoms with Gasteiger partial charge in [-0.25, -0.2) is 0 Å². The van der Waals surface area contributed by atoms with Gasteiger partial charge in [0.05, 0.1) is 19.4 Å². The number of hydrogen-bond donors (Lipinski definition) is 1. The molecule has 1 aromatic heterocycles. The van der Waals surface area contributed by atoms with Crippen molar-refractivity contribution in [3.63, 3.8) is 0 Å². The Morgan fingerprint density at radius 2 is 2.00 bits per heavy atom. The van der Waals surface area contributed by atoms with Gasteiger partial charge in [0.15, 0.2) is 5.82 Å². The Bertz CT molecular complexity index is 1040. The predicted molar refractivity (Wildman–Crippen MR) is 110 cm³/mol. The fourth-order valence-corrected chi connectivity index (χ4v) is 3.16. The summed E-state index contributed by atoms with van der Waals surface area (Å²) < 4.78 is 6.96. The van der Waals surface area contributed by atoms with E-state index >= 15 is 0 Å². The van der Waals surface area contributed by atoms with Crippen molar-refractivity contribution in [1.29, 1.82) is 0 Å². The number of oxime groups is 1. The Hall–Kier alpha value is -3.61. The largest absolute Gasteiger partial charge is 0.497 e. The van der Waals surface area contributed by atoms with Crippen LogP contribution in [0.5, 0.6) is 5.75 Å². The van der Waals surface area contributed by atoms with E-state index in [4.69, 9.17) is 9.57 Å². The Kier molecular flexibility index (Phi) is 5.29. The fourth-order valence-electron chi connectivity index (χ4n) is 3.16. The molecule has 0 radical (unpaired) electrons. The normalized spacial score (nSPS) is 15.5. The summed E-state index contributed by atoms with van der Waals surface area (Å²) in [5.74, 6) is 0.993. The molecule has 2 heterocycles. The SMILES string of the molecule is COc1ccc(C2=NOC(C(=O)Nc3ccn(Cc4ccccc4C)n3)C2)cc1. The van der Waals surface area contributed by atoms with E-state index in [1.165, 1.54) is 11.1 Å². The molecule has 7 heteroatoms. The second-order valence-corrected chi connectivity index (χ2v) is 6.88. The monoisotopic (exact) mass is 390 g/mol. The minimum atomic E-state index is -0.673. The van der Waals surface area contributed by atoms with Gasteiger partial charge in [-0.1, -0.05) is 29.4 Å². The van der Waals surface area contributed by atoms with Crippen molar-refractivity contribution in [3.05, 3.63) is 77.5 Å². The van der Waals surface area contributed by atoms with Gasteiger partial charge in [-0.3, -0.25) is 9.48 Å². The summed E-state index contributed by atoms with van der Waals surface area (Å²) in [5.41, 5.74) is 4.03. The summed E-state index contributed by atoms with van der Waals surface area (Å²) in [6.07, 6.45) is 1.58. The number of carbonyl (C=O) groups excluding carboxylic acids is 1. The smallest absolute Gasteiger partial charge is 0.269 e. The summed E-state index contributed by atoms with van der Waals surface area (Å²) in [4.78, 5) is 17.9. The van der Waals surface area contributed by atoms with E-state index in [0.29, 0.717) is 18.8 Å². The molecular formula is C22H22N4O3. The van der Waals surface area contributed by atoms with Crippen molar-refractivity contribution in [1.82, 2.24) is 9.78 Å². The second kappa shape index (κ2) is 8.18. The maximum atomic E-state index is 12.5. The molecule has 29 heavy (non-hydrogen) atoms. The number of nitrogens with one attached hydrogen (secondary N) is 1. The van der Waals surface area contributed by atoms with Crippen molar-refractivity contribution in [2.75, 3.05) is 12.4 Å². The first kappa shape index (κ1) is 18.7. The van der Waals surface area contributed by atoms with E-state index in [1.54, 1.807) is 17.9 Å². The molecule has 148 valence electrons. The number of aryl methyl sites for hydroxylation is 1. The summed E-state index contributed by atoms with van der Waals surface area (Å²) in [6.45, 7) is 2.71. The van der Waals surface area contributed by atoms with Gasteiger partial charge in [0.25, 0.3) is 5.91 Å². The summed E-state index contributed by atoms with van der Waals surface area (Å²) in [7, 11) is 1.62. The van der Waals surface area contributed by atoms with Crippen LogP contribution in [0.4, 0.5) is 5.82 Å². The predicted octanol–water partition coefficient (Wildman–Crippen LogP) is 3.38. The molecule has 1 amide bonds. The molecule has 1 aliphatic heterocycles. The zero-order chi connectivity index (χ0) is 20.2. The van der Waals surface area contributed by atoms with E-state index in [9.17, 15) is 4.79 Å². The first-order chi connectivity index (χ1) is 14.1. The zero-order valence-electron chi connectivity index (χ0n) is 16.3. The number of methoxy groups -OCH3 is 1. The van der Waals surface area contributed by atoms with Gasteiger partial charge in [-0.15, -0.1) is 0 Å². The van der Waals surface area contributed by atoms with E-state index in [2.05, 4.69) is 34.6 Å². The standard InChI is InChI=1S/C22H22N4O3/c1-15-5-3-4-6-17(15)14-26-12-11-21(24-26)23-22(27)20-13-19(25-29-20)16-7-9-18(28-2)10-8-16/h3-12,20H,13-14H2,1-2H3,(H,23,24,27). The van der Waals surface area contributed by atoms with Crippen LogP contribution in [0.1, 0.15) is 23.1 Å². The first-order valence-electron chi connectivity index (χ1n) is 9.38. The minimum Gasteiger partial charge on any atom is -0.497 e. The van der Waals surface area contributed by atoms with Crippen LogP contribution in [0.15, 0.2) is 65.9 Å². The number of amides is 1. The van der Waals surface area contributed by atoms with Crippen LogP contribution < -0.4 is 10.1 Å². The summed E-state index contributed by atoms with van der Waals surface area (Å²) in [6, 6.07) is 17.4. The highest BCUT2D eigenvalue weighted by Crippen LogP contribution is 2.20. The van der Waals surface area contributed by atoms with Crippen LogP contribution in [0.3, 0.4) is 0 Å². The molecule has 1 N–H and O–H groups in total. The zero-order valence-corrected chi connectivity index (χ0v) is 16.3. The Labute approximate surface area is 168 Å². The van der Waals surface area contributed by atoms with E-state index < -0.39 is 6.10 Å². The van der Waals surface area contributed by atoms with Crippen LogP contribution in [-0.2, 0) is 16.2 Å². The molecule has 1 unspecified atom stereocenters. The van der Waals surface area contributed by atoms with Gasteiger partial charge in [0, 0.05) is 18.7 Å². The molecule has 1 atom stereocenters. The fraction of sp³-hybridized carbons (Fsp3) is 0.227. The van der Waals surface area contributed by atoms with Gasteiger partial charge in [-0.2, -0.15) is 5.10 Å². The highest BCUT2D eigenvalue weighted by molar-refractivity contribution is 6.06. The number of aromatic nitrogens is 2. The quantitative estimate of drug-likeness (QED) is 0.700. The van der Waals surface area contributed by atoms with Gasteiger partial charge >= 0.3 is 0 Å². The number of anilines is 1. The molecular weight excluding hydrogens is 368 g/mol. The van der Waals surface area contributed by atoms with Gasteiger partial charge in [0.1, 0.15) is 5.75 Å². The molecule has 2 aromatic carbocycles. The molecule has 0 saturated heterocycles. The lowest BCUT2D eigenvalue weighted by Gasteiger charge is -2.08. The molecule has 1 aliphatic rings. The number of ether oxygens (including phenoxy) is 1. The van der Waals surface area contributed by atoms with Crippen molar-refractivity contribution in [2.24, 2.45) is 5.16 Å². The van der Waals surface area contributed by atoms with Crippen LogP contribution in [-0.4, -0.2) is 34.6 Å². The molecule has 7 nitrogen and oxygen atoms in total. The molecule has 4 rings (SSSR count). The van der Waals surface area contributed by atoms with E-state index in [-0.39, 0.29) is 5.91 Å². The van der Waals surface area contributed by atoms with Crippen molar-refractivity contribution >= 4 is 17.4 Å². The lowest BCUT2D eigenvalue weighted by atomic mass is 10.0. The lowest BCUT2D eigenvalue weighted by molar-refractivity contribution is -0.125. The highest BCUT2D eigenvalue weighted by Gasteiger charge is 2.29. The number of benzene rings is 2.